The molecule has 0 bridgehead atoms. The van der Waals surface area contributed by atoms with Crippen molar-refractivity contribution in [3.63, 3.8) is 0 Å². The van der Waals surface area contributed by atoms with Crippen LogP contribution in [0.25, 0.3) is 0 Å². The van der Waals surface area contributed by atoms with E-state index >= 15 is 0 Å². The third kappa shape index (κ3) is 4.63. The molecule has 6 heteroatoms. The summed E-state index contributed by atoms with van der Waals surface area (Å²) in [5, 5.41) is 0. The number of nitrogens with one attached hydrogen (secondary N) is 1. The van der Waals surface area contributed by atoms with Crippen LogP contribution in [0.3, 0.4) is 0 Å². The van der Waals surface area contributed by atoms with E-state index in [9.17, 15) is 8.42 Å². The Hall–Kier alpha value is -0.200. The highest BCUT2D eigenvalue weighted by Gasteiger charge is 2.10. The fourth-order valence-electron chi connectivity index (χ4n) is 0.455. The van der Waals surface area contributed by atoms with Gasteiger partial charge in [0.25, 0.3) is 0 Å². The lowest BCUT2D eigenvalue weighted by atomic mass is 10.2. The van der Waals surface area contributed by atoms with Gasteiger partial charge in [0, 0.05) is 12.5 Å². The number of sulfonamides is 1. The van der Waals surface area contributed by atoms with Crippen molar-refractivity contribution in [1.82, 2.24) is 4.72 Å². The lowest BCUT2D eigenvalue weighted by molar-refractivity contribution is 0.576. The first-order valence-electron chi connectivity index (χ1n) is 3.65. The van der Waals surface area contributed by atoms with E-state index in [1.54, 1.807) is 13.8 Å². The zero-order chi connectivity index (χ0) is 9.78. The molecule has 0 saturated heterocycles. The molecule has 1 atom stereocenters. The Morgan fingerprint density at radius 3 is 2.50 bits per heavy atom. The number of thiocarbonyl (C=S) groups is 1. The Kier molecular flexibility index (Phi) is 4.66. The van der Waals surface area contributed by atoms with Gasteiger partial charge in [-0.3, -0.25) is 0 Å². The van der Waals surface area contributed by atoms with E-state index in [1.165, 1.54) is 0 Å². The van der Waals surface area contributed by atoms with Crippen molar-refractivity contribution in [2.45, 2.75) is 13.8 Å². The van der Waals surface area contributed by atoms with Crippen molar-refractivity contribution >= 4 is 27.2 Å². The zero-order valence-electron chi connectivity index (χ0n) is 7.20. The van der Waals surface area contributed by atoms with Crippen molar-refractivity contribution in [1.29, 1.82) is 0 Å². The second kappa shape index (κ2) is 4.74. The second-order valence-corrected chi connectivity index (χ2v) is 5.12. The normalized spacial score (nSPS) is 14.2. The van der Waals surface area contributed by atoms with Gasteiger partial charge in [-0.1, -0.05) is 19.1 Å². The van der Waals surface area contributed by atoms with E-state index in [1.807, 2.05) is 0 Å². The molecule has 0 aromatic rings. The first kappa shape index (κ1) is 11.8. The molecular formula is C6H14N2O2S2. The van der Waals surface area contributed by atoms with Gasteiger partial charge >= 0.3 is 0 Å². The van der Waals surface area contributed by atoms with E-state index in [-0.39, 0.29) is 18.2 Å². The molecule has 0 saturated carbocycles. The molecule has 0 fully saturated rings. The third-order valence-electron chi connectivity index (χ3n) is 1.48. The molecule has 0 aliphatic carbocycles. The largest absolute Gasteiger partial charge is 0.393 e. The van der Waals surface area contributed by atoms with Crippen molar-refractivity contribution in [3.05, 3.63) is 0 Å². The number of rotatable bonds is 5. The van der Waals surface area contributed by atoms with Crippen molar-refractivity contribution in [2.24, 2.45) is 11.7 Å². The monoisotopic (exact) mass is 210 g/mol. The van der Waals surface area contributed by atoms with E-state index in [2.05, 4.69) is 16.9 Å². The van der Waals surface area contributed by atoms with E-state index < -0.39 is 10.0 Å². The summed E-state index contributed by atoms with van der Waals surface area (Å²) in [6.07, 6.45) is 0. The van der Waals surface area contributed by atoms with Gasteiger partial charge in [-0.05, 0) is 6.92 Å². The highest BCUT2D eigenvalue weighted by atomic mass is 32.2. The zero-order valence-corrected chi connectivity index (χ0v) is 8.83. The summed E-state index contributed by atoms with van der Waals surface area (Å²) in [6, 6.07) is 0. The van der Waals surface area contributed by atoms with Crippen LogP contribution in [-0.4, -0.2) is 25.7 Å². The summed E-state index contributed by atoms with van der Waals surface area (Å²) in [7, 11) is -3.11. The fourth-order valence-corrected chi connectivity index (χ4v) is 1.25. The van der Waals surface area contributed by atoms with Crippen LogP contribution in [0.15, 0.2) is 0 Å². The molecule has 0 radical (unpaired) electrons. The molecular weight excluding hydrogens is 196 g/mol. The second-order valence-electron chi connectivity index (χ2n) is 2.56. The summed E-state index contributed by atoms with van der Waals surface area (Å²) in [6.45, 7) is 3.64. The fraction of sp³-hybridized carbons (Fsp3) is 0.833. The maximum absolute atomic E-state index is 10.9. The molecule has 12 heavy (non-hydrogen) atoms. The van der Waals surface area contributed by atoms with Crippen molar-refractivity contribution < 1.29 is 8.42 Å². The summed E-state index contributed by atoms with van der Waals surface area (Å²) in [4.78, 5) is 0.328. The molecule has 4 nitrogen and oxygen atoms in total. The van der Waals surface area contributed by atoms with Crippen molar-refractivity contribution in [3.8, 4) is 0 Å². The number of hydrogen-bond donors (Lipinski definition) is 2. The van der Waals surface area contributed by atoms with Gasteiger partial charge in [0.2, 0.25) is 10.0 Å². The summed E-state index contributed by atoms with van der Waals surface area (Å²) in [5.74, 6) is -0.0156. The molecule has 72 valence electrons. The lowest BCUT2D eigenvalue weighted by Gasteiger charge is -2.09. The molecule has 0 aliphatic heterocycles. The molecule has 0 aliphatic rings. The SMILES string of the molecule is CCS(=O)(=O)NCC(C)C(N)=S. The first-order chi connectivity index (χ1) is 5.39. The minimum Gasteiger partial charge on any atom is -0.393 e. The molecule has 0 spiro atoms. The Bertz CT molecular complexity index is 248. The molecule has 0 aromatic heterocycles. The minimum absolute atomic E-state index is 0.0804. The standard InChI is InChI=1S/C6H14N2O2S2/c1-3-12(9,10)8-4-5(2)6(7)11/h5,8H,3-4H2,1-2H3,(H2,7,11). The van der Waals surface area contributed by atoms with Crippen LogP contribution in [0.5, 0.6) is 0 Å². The average Bonchev–Trinajstić information content (AvgIpc) is 2.00. The topological polar surface area (TPSA) is 72.2 Å². The van der Waals surface area contributed by atoms with E-state index in [0.29, 0.717) is 4.99 Å². The summed E-state index contributed by atoms with van der Waals surface area (Å²) in [5.41, 5.74) is 5.30. The molecule has 0 heterocycles. The van der Waals surface area contributed by atoms with Gasteiger partial charge in [0.05, 0.1) is 10.7 Å². The molecule has 3 N–H and O–H groups in total. The summed E-state index contributed by atoms with van der Waals surface area (Å²) < 4.78 is 24.3. The van der Waals surface area contributed by atoms with Crippen LogP contribution in [0.4, 0.5) is 0 Å². The minimum atomic E-state index is -3.11. The average molecular weight is 210 g/mol. The molecule has 0 rings (SSSR count). The van der Waals surface area contributed by atoms with Gasteiger partial charge in [0.1, 0.15) is 0 Å². The summed E-state index contributed by atoms with van der Waals surface area (Å²) >= 11 is 4.69. The van der Waals surface area contributed by atoms with Crippen molar-refractivity contribution in [2.75, 3.05) is 12.3 Å². The Morgan fingerprint density at radius 2 is 2.17 bits per heavy atom. The predicted octanol–water partition coefficient (Wildman–Crippen LogP) is -0.152. The number of nitrogens with two attached hydrogens (primary N) is 1. The van der Waals surface area contributed by atoms with Gasteiger partial charge < -0.3 is 5.73 Å². The van der Waals surface area contributed by atoms with Gasteiger partial charge in [-0.25, -0.2) is 13.1 Å². The Morgan fingerprint density at radius 1 is 1.67 bits per heavy atom. The lowest BCUT2D eigenvalue weighted by Crippen LogP contribution is -2.34. The quantitative estimate of drug-likeness (QED) is 0.619. The Labute approximate surface area is 78.6 Å². The number of hydrogen-bond acceptors (Lipinski definition) is 3. The molecule has 1 unspecified atom stereocenters. The van der Waals surface area contributed by atoms with E-state index in [0.717, 1.165) is 0 Å². The molecule has 0 aromatic carbocycles. The first-order valence-corrected chi connectivity index (χ1v) is 5.71. The van der Waals surface area contributed by atoms with Crippen LogP contribution >= 0.6 is 12.2 Å². The van der Waals surface area contributed by atoms with Crippen LogP contribution < -0.4 is 10.5 Å². The smallest absolute Gasteiger partial charge is 0.211 e. The third-order valence-corrected chi connectivity index (χ3v) is 3.24. The molecule has 0 amide bonds. The highest BCUT2D eigenvalue weighted by Crippen LogP contribution is 1.93. The van der Waals surface area contributed by atoms with E-state index in [4.69, 9.17) is 5.73 Å². The highest BCUT2D eigenvalue weighted by molar-refractivity contribution is 7.89. The van der Waals surface area contributed by atoms with Gasteiger partial charge in [-0.2, -0.15) is 0 Å². The van der Waals surface area contributed by atoms with Gasteiger partial charge in [0.15, 0.2) is 0 Å². The maximum Gasteiger partial charge on any atom is 0.211 e. The predicted molar refractivity (Wildman–Crippen MR) is 53.4 cm³/mol. The van der Waals surface area contributed by atoms with Crippen LogP contribution in [-0.2, 0) is 10.0 Å². The van der Waals surface area contributed by atoms with Gasteiger partial charge in [-0.15, -0.1) is 0 Å². The maximum atomic E-state index is 10.9. The van der Waals surface area contributed by atoms with Crippen LogP contribution in [0.2, 0.25) is 0 Å². The van der Waals surface area contributed by atoms with Crippen LogP contribution in [0, 0.1) is 5.92 Å². The Balaban J connectivity index is 3.92. The van der Waals surface area contributed by atoms with Crippen LogP contribution in [0.1, 0.15) is 13.8 Å².